The standard InChI is InChI=1S/C15H9F3N2S/c16-15(17,18)10-4-5-11-12(9-10)19-8-6-13(11)21-14-3-1-2-7-20-14/h1-9H. The Morgan fingerprint density at radius 2 is 1.76 bits per heavy atom. The summed E-state index contributed by atoms with van der Waals surface area (Å²) in [6, 6.07) is 10.9. The molecule has 0 radical (unpaired) electrons. The predicted octanol–water partition coefficient (Wildman–Crippen LogP) is 4.80. The minimum Gasteiger partial charge on any atom is -0.256 e. The Balaban J connectivity index is 2.05. The number of alkyl halides is 3. The molecule has 0 saturated heterocycles. The second kappa shape index (κ2) is 5.37. The monoisotopic (exact) mass is 306 g/mol. The maximum Gasteiger partial charge on any atom is 0.416 e. The summed E-state index contributed by atoms with van der Waals surface area (Å²) in [5.74, 6) is 0. The molecule has 0 aliphatic carbocycles. The van der Waals surface area contributed by atoms with Gasteiger partial charge in [-0.1, -0.05) is 23.9 Å². The van der Waals surface area contributed by atoms with Crippen molar-refractivity contribution in [1.82, 2.24) is 9.97 Å². The third-order valence-electron chi connectivity index (χ3n) is 2.88. The van der Waals surface area contributed by atoms with Crippen molar-refractivity contribution in [2.75, 3.05) is 0 Å². The van der Waals surface area contributed by atoms with Gasteiger partial charge < -0.3 is 0 Å². The number of benzene rings is 1. The topological polar surface area (TPSA) is 25.8 Å². The summed E-state index contributed by atoms with van der Waals surface area (Å²) in [6.07, 6.45) is -1.18. The predicted molar refractivity (Wildman–Crippen MR) is 75.1 cm³/mol. The van der Waals surface area contributed by atoms with Gasteiger partial charge in [-0.05, 0) is 30.3 Å². The first-order chi connectivity index (χ1) is 10.0. The molecule has 106 valence electrons. The van der Waals surface area contributed by atoms with Crippen LogP contribution in [0.3, 0.4) is 0 Å². The highest BCUT2D eigenvalue weighted by atomic mass is 32.2. The van der Waals surface area contributed by atoms with Crippen molar-refractivity contribution < 1.29 is 13.2 Å². The van der Waals surface area contributed by atoms with Crippen molar-refractivity contribution >= 4 is 22.7 Å². The molecule has 2 nitrogen and oxygen atoms in total. The van der Waals surface area contributed by atoms with Crippen LogP contribution in [0.2, 0.25) is 0 Å². The van der Waals surface area contributed by atoms with Crippen molar-refractivity contribution in [3.8, 4) is 0 Å². The van der Waals surface area contributed by atoms with Crippen LogP contribution in [0.25, 0.3) is 10.9 Å². The third-order valence-corrected chi connectivity index (χ3v) is 3.91. The number of halogens is 3. The fourth-order valence-electron chi connectivity index (χ4n) is 1.91. The molecule has 1 aromatic carbocycles. The molecule has 0 amide bonds. The lowest BCUT2D eigenvalue weighted by atomic mass is 10.1. The van der Waals surface area contributed by atoms with Gasteiger partial charge in [-0.25, -0.2) is 4.98 Å². The van der Waals surface area contributed by atoms with Crippen LogP contribution in [-0.2, 0) is 6.18 Å². The maximum absolute atomic E-state index is 12.7. The average molecular weight is 306 g/mol. The highest BCUT2D eigenvalue weighted by Crippen LogP contribution is 2.35. The van der Waals surface area contributed by atoms with E-state index < -0.39 is 11.7 Å². The van der Waals surface area contributed by atoms with Crippen molar-refractivity contribution in [1.29, 1.82) is 0 Å². The normalized spacial score (nSPS) is 11.8. The van der Waals surface area contributed by atoms with Crippen LogP contribution in [0.4, 0.5) is 13.2 Å². The maximum atomic E-state index is 12.7. The summed E-state index contributed by atoms with van der Waals surface area (Å²) in [6.45, 7) is 0. The number of pyridine rings is 2. The second-order valence-corrected chi connectivity index (χ2v) is 5.37. The largest absolute Gasteiger partial charge is 0.416 e. The van der Waals surface area contributed by atoms with Gasteiger partial charge in [0.05, 0.1) is 11.1 Å². The van der Waals surface area contributed by atoms with E-state index in [0.29, 0.717) is 10.9 Å². The van der Waals surface area contributed by atoms with Gasteiger partial charge in [0.2, 0.25) is 0 Å². The summed E-state index contributed by atoms with van der Waals surface area (Å²) in [7, 11) is 0. The van der Waals surface area contributed by atoms with Gasteiger partial charge in [0, 0.05) is 22.7 Å². The second-order valence-electron chi connectivity index (χ2n) is 4.31. The first kappa shape index (κ1) is 13.9. The van der Waals surface area contributed by atoms with Gasteiger partial charge in [-0.3, -0.25) is 4.98 Å². The fraction of sp³-hybridized carbons (Fsp3) is 0.0667. The van der Waals surface area contributed by atoms with Crippen LogP contribution in [0.15, 0.2) is 64.8 Å². The van der Waals surface area contributed by atoms with E-state index in [1.165, 1.54) is 24.0 Å². The summed E-state index contributed by atoms with van der Waals surface area (Å²) >= 11 is 1.40. The first-order valence-corrected chi connectivity index (χ1v) is 6.90. The van der Waals surface area contributed by atoms with E-state index >= 15 is 0 Å². The Hall–Kier alpha value is -2.08. The Kier molecular flexibility index (Phi) is 3.55. The third kappa shape index (κ3) is 3.00. The van der Waals surface area contributed by atoms with Crippen molar-refractivity contribution in [3.63, 3.8) is 0 Å². The lowest BCUT2D eigenvalue weighted by Crippen LogP contribution is -2.04. The van der Waals surface area contributed by atoms with Crippen LogP contribution < -0.4 is 0 Å². The van der Waals surface area contributed by atoms with E-state index in [4.69, 9.17) is 0 Å². The lowest BCUT2D eigenvalue weighted by molar-refractivity contribution is -0.137. The van der Waals surface area contributed by atoms with Crippen molar-refractivity contribution in [2.24, 2.45) is 0 Å². The molecule has 2 aromatic heterocycles. The molecule has 0 N–H and O–H groups in total. The minimum atomic E-state index is -4.36. The molecule has 0 spiro atoms. The van der Waals surface area contributed by atoms with Crippen LogP contribution in [-0.4, -0.2) is 9.97 Å². The Morgan fingerprint density at radius 1 is 0.905 bits per heavy atom. The molecule has 0 aliphatic heterocycles. The number of hydrogen-bond acceptors (Lipinski definition) is 3. The Bertz CT molecular complexity index is 773. The number of hydrogen-bond donors (Lipinski definition) is 0. The number of rotatable bonds is 2. The van der Waals surface area contributed by atoms with Crippen LogP contribution in [0.1, 0.15) is 5.56 Å². The molecule has 0 atom stereocenters. The molecule has 0 unspecified atom stereocenters. The summed E-state index contributed by atoms with van der Waals surface area (Å²) in [5.41, 5.74) is -0.367. The molecule has 0 bridgehead atoms. The van der Waals surface area contributed by atoms with Crippen LogP contribution >= 0.6 is 11.8 Å². The summed E-state index contributed by atoms with van der Waals surface area (Å²) < 4.78 is 38.2. The summed E-state index contributed by atoms with van der Waals surface area (Å²) in [4.78, 5) is 9.05. The van der Waals surface area contributed by atoms with E-state index in [-0.39, 0.29) is 0 Å². The van der Waals surface area contributed by atoms with Crippen molar-refractivity contribution in [2.45, 2.75) is 16.1 Å². The van der Waals surface area contributed by atoms with E-state index in [9.17, 15) is 13.2 Å². The molecule has 0 fully saturated rings. The van der Waals surface area contributed by atoms with Crippen LogP contribution in [0, 0.1) is 0 Å². The molecular formula is C15H9F3N2S. The van der Waals surface area contributed by atoms with Gasteiger partial charge in [0.15, 0.2) is 0 Å². The Labute approximate surface area is 123 Å². The number of nitrogens with zero attached hydrogens (tertiary/aromatic N) is 2. The highest BCUT2D eigenvalue weighted by molar-refractivity contribution is 7.99. The fourth-order valence-corrected chi connectivity index (χ4v) is 2.80. The van der Waals surface area contributed by atoms with E-state index in [2.05, 4.69) is 9.97 Å². The first-order valence-electron chi connectivity index (χ1n) is 6.09. The zero-order valence-corrected chi connectivity index (χ0v) is 11.4. The number of fused-ring (bicyclic) bond motifs is 1. The molecule has 6 heteroatoms. The van der Waals surface area contributed by atoms with Gasteiger partial charge in [0.25, 0.3) is 0 Å². The zero-order chi connectivity index (χ0) is 14.9. The van der Waals surface area contributed by atoms with E-state index in [1.807, 2.05) is 18.2 Å². The molecule has 3 aromatic rings. The van der Waals surface area contributed by atoms with E-state index in [0.717, 1.165) is 22.1 Å². The van der Waals surface area contributed by atoms with Gasteiger partial charge in [-0.15, -0.1) is 0 Å². The highest BCUT2D eigenvalue weighted by Gasteiger charge is 2.30. The van der Waals surface area contributed by atoms with Gasteiger partial charge in [-0.2, -0.15) is 13.2 Å². The Morgan fingerprint density at radius 3 is 2.48 bits per heavy atom. The van der Waals surface area contributed by atoms with Gasteiger partial charge >= 0.3 is 6.18 Å². The molecule has 3 rings (SSSR count). The smallest absolute Gasteiger partial charge is 0.256 e. The minimum absolute atomic E-state index is 0.325. The molecule has 21 heavy (non-hydrogen) atoms. The quantitative estimate of drug-likeness (QED) is 0.680. The zero-order valence-electron chi connectivity index (χ0n) is 10.6. The lowest BCUT2D eigenvalue weighted by Gasteiger charge is -2.09. The molecule has 0 saturated carbocycles. The van der Waals surface area contributed by atoms with Crippen molar-refractivity contribution in [3.05, 3.63) is 60.4 Å². The number of aromatic nitrogens is 2. The molecule has 0 aliphatic rings. The molecule has 2 heterocycles. The van der Waals surface area contributed by atoms with Crippen LogP contribution in [0.5, 0.6) is 0 Å². The summed E-state index contributed by atoms with van der Waals surface area (Å²) in [5, 5.41) is 1.46. The van der Waals surface area contributed by atoms with Gasteiger partial charge in [0.1, 0.15) is 5.03 Å². The molecular weight excluding hydrogens is 297 g/mol. The average Bonchev–Trinajstić information content (AvgIpc) is 2.47. The SMILES string of the molecule is FC(F)(F)c1ccc2c(Sc3ccccn3)ccnc2c1. The van der Waals surface area contributed by atoms with E-state index in [1.54, 1.807) is 12.3 Å².